The third-order valence-corrected chi connectivity index (χ3v) is 4.58. The lowest BCUT2D eigenvalue weighted by molar-refractivity contribution is -0.144. The molecule has 27 heavy (non-hydrogen) atoms. The number of carbonyl (C=O) groups excluding carboxylic acids is 2. The summed E-state index contributed by atoms with van der Waals surface area (Å²) in [6.45, 7) is 3.84. The van der Waals surface area contributed by atoms with Crippen LogP contribution in [-0.4, -0.2) is 25.1 Å². The summed E-state index contributed by atoms with van der Waals surface area (Å²) in [5.41, 5.74) is 0.473. The van der Waals surface area contributed by atoms with Crippen LogP contribution in [0.25, 0.3) is 6.08 Å². The average Bonchev–Trinajstić information content (AvgIpc) is 3.20. The van der Waals surface area contributed by atoms with Crippen molar-refractivity contribution in [3.63, 3.8) is 0 Å². The highest BCUT2D eigenvalue weighted by Crippen LogP contribution is 2.18. The first kappa shape index (κ1) is 20.2. The maximum absolute atomic E-state index is 12.1. The minimum absolute atomic E-state index is 0.175. The summed E-state index contributed by atoms with van der Waals surface area (Å²) in [6.07, 6.45) is 1.41. The van der Waals surface area contributed by atoms with Crippen LogP contribution in [0.5, 0.6) is 5.75 Å². The standard InChI is InChI=1S/C20H20N2O4S/c1-3-25-17-8-6-15(7-9-17)11-16(12-21)20(24)26-13-19(23)22-14(2)18-5-4-10-27-18/h4-11,14H,3,13H2,1-2H3,(H,22,23)/b16-11+/t14-/m0/s1. The highest BCUT2D eigenvalue weighted by atomic mass is 32.1. The van der Waals surface area contributed by atoms with Crippen molar-refractivity contribution < 1.29 is 19.1 Å². The number of nitrogens with one attached hydrogen (secondary N) is 1. The zero-order chi connectivity index (χ0) is 19.6. The molecule has 140 valence electrons. The monoisotopic (exact) mass is 384 g/mol. The molecular weight excluding hydrogens is 364 g/mol. The Morgan fingerprint density at radius 2 is 2.04 bits per heavy atom. The molecule has 1 aromatic carbocycles. The van der Waals surface area contributed by atoms with Gasteiger partial charge in [-0.1, -0.05) is 18.2 Å². The normalized spacial score (nSPS) is 12.0. The minimum Gasteiger partial charge on any atom is -0.494 e. The Hall–Kier alpha value is -3.11. The molecule has 0 fully saturated rings. The van der Waals surface area contributed by atoms with Crippen molar-refractivity contribution in [1.29, 1.82) is 5.26 Å². The van der Waals surface area contributed by atoms with E-state index in [2.05, 4.69) is 5.32 Å². The van der Waals surface area contributed by atoms with Crippen molar-refractivity contribution in [2.24, 2.45) is 0 Å². The van der Waals surface area contributed by atoms with Crippen molar-refractivity contribution in [2.75, 3.05) is 13.2 Å². The van der Waals surface area contributed by atoms with Gasteiger partial charge in [-0.25, -0.2) is 4.79 Å². The molecule has 0 spiro atoms. The number of rotatable bonds is 8. The number of nitrogens with zero attached hydrogens (tertiary/aromatic N) is 1. The predicted molar refractivity (Wildman–Crippen MR) is 103 cm³/mol. The third-order valence-electron chi connectivity index (χ3n) is 3.52. The fraction of sp³-hybridized carbons (Fsp3) is 0.250. The molecule has 0 saturated carbocycles. The van der Waals surface area contributed by atoms with Crippen molar-refractivity contribution in [1.82, 2.24) is 5.32 Å². The molecule has 1 heterocycles. The molecule has 6 nitrogen and oxygen atoms in total. The SMILES string of the molecule is CCOc1ccc(/C=C(\C#N)C(=O)OCC(=O)N[C@@H](C)c2cccs2)cc1. The summed E-state index contributed by atoms with van der Waals surface area (Å²) >= 11 is 1.53. The van der Waals surface area contributed by atoms with Gasteiger partial charge in [0.15, 0.2) is 6.61 Å². The van der Waals surface area contributed by atoms with Gasteiger partial charge < -0.3 is 14.8 Å². The Balaban J connectivity index is 1.90. The van der Waals surface area contributed by atoms with E-state index < -0.39 is 18.5 Å². The van der Waals surface area contributed by atoms with E-state index in [-0.39, 0.29) is 11.6 Å². The number of nitriles is 1. The molecule has 7 heteroatoms. The fourth-order valence-electron chi connectivity index (χ4n) is 2.23. The van der Waals surface area contributed by atoms with Crippen molar-refractivity contribution >= 4 is 29.3 Å². The lowest BCUT2D eigenvalue weighted by atomic mass is 10.1. The van der Waals surface area contributed by atoms with E-state index in [9.17, 15) is 14.9 Å². The summed E-state index contributed by atoms with van der Waals surface area (Å²) in [7, 11) is 0. The first-order chi connectivity index (χ1) is 13.0. The number of amides is 1. The molecule has 1 aromatic heterocycles. The predicted octanol–water partition coefficient (Wildman–Crippen LogP) is 3.47. The Kier molecular flexibility index (Phi) is 7.59. The van der Waals surface area contributed by atoms with Gasteiger partial charge in [0.05, 0.1) is 12.6 Å². The molecule has 1 atom stereocenters. The van der Waals surface area contributed by atoms with Gasteiger partial charge in [0.2, 0.25) is 0 Å². The molecule has 0 unspecified atom stereocenters. The quantitative estimate of drug-likeness (QED) is 0.428. The summed E-state index contributed by atoms with van der Waals surface area (Å²) in [6, 6.07) is 12.4. The number of hydrogen-bond donors (Lipinski definition) is 1. The van der Waals surface area contributed by atoms with Gasteiger partial charge in [0, 0.05) is 4.88 Å². The molecule has 0 radical (unpaired) electrons. The van der Waals surface area contributed by atoms with Gasteiger partial charge in [-0.2, -0.15) is 5.26 Å². The molecule has 0 aliphatic heterocycles. The van der Waals surface area contributed by atoms with Crippen molar-refractivity contribution in [3.8, 4) is 11.8 Å². The lowest BCUT2D eigenvalue weighted by Crippen LogP contribution is -2.30. The minimum atomic E-state index is -0.842. The second-order valence-electron chi connectivity index (χ2n) is 5.55. The van der Waals surface area contributed by atoms with E-state index >= 15 is 0 Å². The number of thiophene rings is 1. The van der Waals surface area contributed by atoms with Crippen LogP contribution in [0.4, 0.5) is 0 Å². The first-order valence-corrected chi connectivity index (χ1v) is 9.26. The molecule has 2 rings (SSSR count). The Bertz CT molecular complexity index is 836. The van der Waals surface area contributed by atoms with Gasteiger partial charge >= 0.3 is 5.97 Å². The lowest BCUT2D eigenvalue weighted by Gasteiger charge is -2.12. The second-order valence-corrected chi connectivity index (χ2v) is 6.53. The van der Waals surface area contributed by atoms with E-state index in [1.54, 1.807) is 30.3 Å². The smallest absolute Gasteiger partial charge is 0.349 e. The van der Waals surface area contributed by atoms with Crippen molar-refractivity contribution in [3.05, 3.63) is 57.8 Å². The van der Waals surface area contributed by atoms with Crippen molar-refractivity contribution in [2.45, 2.75) is 19.9 Å². The number of hydrogen-bond acceptors (Lipinski definition) is 6. The number of ether oxygens (including phenoxy) is 2. The van der Waals surface area contributed by atoms with E-state index in [4.69, 9.17) is 9.47 Å². The molecule has 0 aliphatic rings. The molecule has 0 aliphatic carbocycles. The topological polar surface area (TPSA) is 88.4 Å². The van der Waals surface area contributed by atoms with Crippen LogP contribution in [0.1, 0.15) is 30.3 Å². The van der Waals surface area contributed by atoms with Gasteiger partial charge in [-0.3, -0.25) is 4.79 Å². The fourth-order valence-corrected chi connectivity index (χ4v) is 2.97. The molecule has 0 saturated heterocycles. The molecular formula is C20H20N2O4S. The Morgan fingerprint density at radius 1 is 1.30 bits per heavy atom. The largest absolute Gasteiger partial charge is 0.494 e. The average molecular weight is 384 g/mol. The molecule has 2 aromatic rings. The molecule has 1 amide bonds. The van der Waals surface area contributed by atoms with E-state index in [1.165, 1.54) is 17.4 Å². The number of carbonyl (C=O) groups is 2. The summed E-state index contributed by atoms with van der Waals surface area (Å²) in [5.74, 6) is -0.569. The van der Waals surface area contributed by atoms with E-state index in [0.717, 1.165) is 4.88 Å². The molecule has 1 N–H and O–H groups in total. The van der Waals surface area contributed by atoms with Crippen LogP contribution < -0.4 is 10.1 Å². The highest BCUT2D eigenvalue weighted by Gasteiger charge is 2.15. The zero-order valence-electron chi connectivity index (χ0n) is 15.1. The maximum atomic E-state index is 12.1. The van der Waals surface area contributed by atoms with Gasteiger partial charge in [0.1, 0.15) is 17.4 Å². The summed E-state index contributed by atoms with van der Waals surface area (Å²) in [5, 5.41) is 13.8. The third kappa shape index (κ3) is 6.28. The van der Waals surface area contributed by atoms with Crippen LogP contribution in [-0.2, 0) is 14.3 Å². The second kappa shape index (κ2) is 10.1. The van der Waals surface area contributed by atoms with E-state index in [1.807, 2.05) is 31.4 Å². The van der Waals surface area contributed by atoms with Crippen LogP contribution in [0.3, 0.4) is 0 Å². The summed E-state index contributed by atoms with van der Waals surface area (Å²) in [4.78, 5) is 25.0. The van der Waals surface area contributed by atoms with Gasteiger partial charge in [0.25, 0.3) is 5.91 Å². The van der Waals surface area contributed by atoms with Crippen LogP contribution in [0.2, 0.25) is 0 Å². The molecule has 0 bridgehead atoms. The van der Waals surface area contributed by atoms with Gasteiger partial charge in [-0.05, 0) is 49.1 Å². The number of benzene rings is 1. The highest BCUT2D eigenvalue weighted by molar-refractivity contribution is 7.10. The zero-order valence-corrected chi connectivity index (χ0v) is 15.9. The van der Waals surface area contributed by atoms with Crippen LogP contribution in [0, 0.1) is 11.3 Å². The van der Waals surface area contributed by atoms with Crippen LogP contribution >= 0.6 is 11.3 Å². The van der Waals surface area contributed by atoms with Gasteiger partial charge in [-0.15, -0.1) is 11.3 Å². The Morgan fingerprint density at radius 3 is 2.63 bits per heavy atom. The number of esters is 1. The maximum Gasteiger partial charge on any atom is 0.349 e. The first-order valence-electron chi connectivity index (χ1n) is 8.38. The summed E-state index contributed by atoms with van der Waals surface area (Å²) < 4.78 is 10.3. The Labute approximate surface area is 162 Å². The van der Waals surface area contributed by atoms with E-state index in [0.29, 0.717) is 17.9 Å². The van der Waals surface area contributed by atoms with Crippen LogP contribution in [0.15, 0.2) is 47.4 Å².